The highest BCUT2D eigenvalue weighted by atomic mass is 32.2. The van der Waals surface area contributed by atoms with E-state index in [2.05, 4.69) is 27.2 Å². The van der Waals surface area contributed by atoms with E-state index in [-0.39, 0.29) is 0 Å². The third-order valence-electron chi connectivity index (χ3n) is 3.42. The van der Waals surface area contributed by atoms with Crippen molar-refractivity contribution in [2.45, 2.75) is 33.1 Å². The molecule has 1 aromatic heterocycles. The Labute approximate surface area is 130 Å². The number of hydrogen-bond acceptors (Lipinski definition) is 6. The molecule has 1 saturated heterocycles. The van der Waals surface area contributed by atoms with Gasteiger partial charge < -0.3 is 5.32 Å². The summed E-state index contributed by atoms with van der Waals surface area (Å²) in [5.41, 5.74) is 0. The largest absolute Gasteiger partial charge is 0.316 e. The number of piperidine rings is 1. The second kappa shape index (κ2) is 7.48. The molecule has 120 valence electrons. The van der Waals surface area contributed by atoms with Gasteiger partial charge in [0.25, 0.3) is 0 Å². The van der Waals surface area contributed by atoms with Crippen molar-refractivity contribution in [1.82, 2.24) is 19.8 Å². The summed E-state index contributed by atoms with van der Waals surface area (Å²) < 4.78 is 28.8. The summed E-state index contributed by atoms with van der Waals surface area (Å²) in [6.45, 7) is 6.90. The van der Waals surface area contributed by atoms with Crippen molar-refractivity contribution < 1.29 is 8.42 Å². The Kier molecular flexibility index (Phi) is 5.91. The molecule has 2 N–H and O–H groups in total. The van der Waals surface area contributed by atoms with Crippen molar-refractivity contribution in [2.24, 2.45) is 5.92 Å². The maximum Gasteiger partial charge on any atom is 0.303 e. The molecule has 1 aromatic rings. The molecule has 21 heavy (non-hydrogen) atoms. The van der Waals surface area contributed by atoms with E-state index in [1.807, 2.05) is 0 Å². The molecule has 2 heterocycles. The van der Waals surface area contributed by atoms with Crippen LogP contribution in [0.2, 0.25) is 0 Å². The Morgan fingerprint density at radius 3 is 2.90 bits per heavy atom. The maximum atomic E-state index is 12.4. The first kappa shape index (κ1) is 16.6. The Hall–Kier alpha value is -0.770. The van der Waals surface area contributed by atoms with E-state index in [4.69, 9.17) is 0 Å². The van der Waals surface area contributed by atoms with Crippen molar-refractivity contribution in [3.05, 3.63) is 5.01 Å². The molecule has 1 unspecified atom stereocenters. The highest BCUT2D eigenvalue weighted by molar-refractivity contribution is 7.90. The van der Waals surface area contributed by atoms with Crippen LogP contribution >= 0.6 is 11.3 Å². The zero-order chi connectivity index (χ0) is 15.3. The smallest absolute Gasteiger partial charge is 0.303 e. The lowest BCUT2D eigenvalue weighted by atomic mass is 10.00. The van der Waals surface area contributed by atoms with Gasteiger partial charge in [0.05, 0.1) is 0 Å². The van der Waals surface area contributed by atoms with Crippen molar-refractivity contribution in [3.8, 4) is 0 Å². The molecule has 9 heteroatoms. The molecular formula is C12H23N5O2S2. The molecule has 1 aliphatic heterocycles. The number of aryl methyl sites for hydroxylation is 1. The van der Waals surface area contributed by atoms with Gasteiger partial charge in [0.1, 0.15) is 5.01 Å². The molecule has 0 aromatic carbocycles. The number of aromatic nitrogens is 2. The lowest BCUT2D eigenvalue weighted by Crippen LogP contribution is -2.45. The highest BCUT2D eigenvalue weighted by Gasteiger charge is 2.29. The Bertz CT molecular complexity index is 546. The zero-order valence-electron chi connectivity index (χ0n) is 12.5. The van der Waals surface area contributed by atoms with Crippen LogP contribution in [-0.4, -0.2) is 49.1 Å². The first-order valence-corrected chi connectivity index (χ1v) is 9.55. The standard InChI is InChI=1S/C12H23N5O2S2/c1-3-6-13-8-11-5-4-7-17(9-11)21(18,19)16-12-15-14-10(2)20-12/h11,13H,3-9H2,1-2H3,(H,15,16). The summed E-state index contributed by atoms with van der Waals surface area (Å²) in [6.07, 6.45) is 3.06. The minimum absolute atomic E-state index is 0.332. The minimum Gasteiger partial charge on any atom is -0.316 e. The summed E-state index contributed by atoms with van der Waals surface area (Å²) in [5.74, 6) is 0.373. The van der Waals surface area contributed by atoms with Crippen LogP contribution in [-0.2, 0) is 10.2 Å². The molecule has 7 nitrogen and oxygen atoms in total. The van der Waals surface area contributed by atoms with E-state index in [1.54, 1.807) is 6.92 Å². The van der Waals surface area contributed by atoms with Gasteiger partial charge in [-0.2, -0.15) is 12.7 Å². The predicted octanol–water partition coefficient (Wildman–Crippen LogP) is 1.21. The monoisotopic (exact) mass is 333 g/mol. The highest BCUT2D eigenvalue weighted by Crippen LogP contribution is 2.21. The van der Waals surface area contributed by atoms with E-state index >= 15 is 0 Å². The third-order valence-corrected chi connectivity index (χ3v) is 5.77. The van der Waals surface area contributed by atoms with Crippen LogP contribution in [0.15, 0.2) is 0 Å². The number of nitrogens with zero attached hydrogens (tertiary/aromatic N) is 3. The van der Waals surface area contributed by atoms with Crippen LogP contribution < -0.4 is 10.0 Å². The van der Waals surface area contributed by atoms with Crippen molar-refractivity contribution >= 4 is 26.7 Å². The van der Waals surface area contributed by atoms with Crippen LogP contribution in [0.25, 0.3) is 0 Å². The van der Waals surface area contributed by atoms with Crippen molar-refractivity contribution in [2.75, 3.05) is 30.9 Å². The summed E-state index contributed by atoms with van der Waals surface area (Å²) in [7, 11) is -3.52. The van der Waals surface area contributed by atoms with Gasteiger partial charge in [0, 0.05) is 13.1 Å². The molecule has 0 amide bonds. The third kappa shape index (κ3) is 4.87. The molecule has 1 fully saturated rings. The van der Waals surface area contributed by atoms with Gasteiger partial charge in [-0.05, 0) is 45.2 Å². The molecular weight excluding hydrogens is 310 g/mol. The van der Waals surface area contributed by atoms with E-state index in [9.17, 15) is 8.42 Å². The molecule has 1 atom stereocenters. The first-order valence-electron chi connectivity index (χ1n) is 7.30. The number of rotatable bonds is 7. The number of anilines is 1. The van der Waals surface area contributed by atoms with Gasteiger partial charge in [0.15, 0.2) is 0 Å². The van der Waals surface area contributed by atoms with Gasteiger partial charge >= 0.3 is 10.2 Å². The lowest BCUT2D eigenvalue weighted by molar-refractivity contribution is 0.261. The molecule has 0 spiro atoms. The van der Waals surface area contributed by atoms with Crippen LogP contribution in [0.1, 0.15) is 31.2 Å². The fourth-order valence-electron chi connectivity index (χ4n) is 2.41. The number of hydrogen-bond donors (Lipinski definition) is 2. The molecule has 1 aliphatic rings. The van der Waals surface area contributed by atoms with E-state index in [1.165, 1.54) is 15.6 Å². The van der Waals surface area contributed by atoms with Crippen LogP contribution in [0, 0.1) is 12.8 Å². The summed E-state index contributed by atoms with van der Waals surface area (Å²) >= 11 is 1.24. The van der Waals surface area contributed by atoms with Gasteiger partial charge in [-0.3, -0.25) is 0 Å². The first-order chi connectivity index (χ1) is 10.0. The predicted molar refractivity (Wildman–Crippen MR) is 84.6 cm³/mol. The lowest BCUT2D eigenvalue weighted by Gasteiger charge is -2.31. The molecule has 2 rings (SSSR count). The number of nitrogens with one attached hydrogen (secondary N) is 2. The SMILES string of the molecule is CCCNCC1CCCN(S(=O)(=O)Nc2nnc(C)s2)C1. The second-order valence-corrected chi connectivity index (χ2v) is 8.16. The fourth-order valence-corrected chi connectivity index (χ4v) is 4.50. The second-order valence-electron chi connectivity index (χ2n) is 5.30. The molecule has 0 bridgehead atoms. The van der Waals surface area contributed by atoms with E-state index in [0.29, 0.717) is 24.1 Å². The summed E-state index contributed by atoms with van der Waals surface area (Å²) in [5, 5.41) is 12.1. The quantitative estimate of drug-likeness (QED) is 0.733. The van der Waals surface area contributed by atoms with Crippen molar-refractivity contribution in [3.63, 3.8) is 0 Å². The Morgan fingerprint density at radius 1 is 1.43 bits per heavy atom. The molecule has 0 aliphatic carbocycles. The summed E-state index contributed by atoms with van der Waals surface area (Å²) in [6, 6.07) is 0. The molecule has 0 saturated carbocycles. The Morgan fingerprint density at radius 2 is 2.24 bits per heavy atom. The van der Waals surface area contributed by atoms with E-state index < -0.39 is 10.2 Å². The average molecular weight is 333 g/mol. The van der Waals surface area contributed by atoms with E-state index in [0.717, 1.165) is 37.4 Å². The minimum atomic E-state index is -3.52. The van der Waals surface area contributed by atoms with Gasteiger partial charge in [-0.1, -0.05) is 18.3 Å². The van der Waals surface area contributed by atoms with Gasteiger partial charge in [-0.25, -0.2) is 4.72 Å². The van der Waals surface area contributed by atoms with Crippen LogP contribution in [0.5, 0.6) is 0 Å². The average Bonchev–Trinajstić information content (AvgIpc) is 2.84. The molecule has 0 radical (unpaired) electrons. The van der Waals surface area contributed by atoms with Crippen LogP contribution in [0.3, 0.4) is 0 Å². The fraction of sp³-hybridized carbons (Fsp3) is 0.833. The van der Waals surface area contributed by atoms with Gasteiger partial charge in [-0.15, -0.1) is 10.2 Å². The topological polar surface area (TPSA) is 87.2 Å². The summed E-state index contributed by atoms with van der Waals surface area (Å²) in [4.78, 5) is 0. The Balaban J connectivity index is 1.92. The maximum absolute atomic E-state index is 12.4. The van der Waals surface area contributed by atoms with Crippen molar-refractivity contribution in [1.29, 1.82) is 0 Å². The van der Waals surface area contributed by atoms with Crippen LogP contribution in [0.4, 0.5) is 5.13 Å². The normalized spacial score (nSPS) is 20.6. The van der Waals surface area contributed by atoms with Gasteiger partial charge in [0.2, 0.25) is 5.13 Å². The zero-order valence-corrected chi connectivity index (χ0v) is 14.1.